The van der Waals surface area contributed by atoms with Gasteiger partial charge in [-0.2, -0.15) is 5.26 Å². The minimum absolute atomic E-state index is 0.0164. The number of aryl methyl sites for hydroxylation is 1. The molecular formula is C30H34N2O7S. The van der Waals surface area contributed by atoms with Crippen LogP contribution >= 0.6 is 0 Å². The van der Waals surface area contributed by atoms with E-state index in [1.807, 2.05) is 19.1 Å². The van der Waals surface area contributed by atoms with E-state index in [1.54, 1.807) is 25.3 Å². The van der Waals surface area contributed by atoms with Crippen LogP contribution in [0.2, 0.25) is 0 Å². The summed E-state index contributed by atoms with van der Waals surface area (Å²) >= 11 is 0. The monoisotopic (exact) mass is 566 g/mol. The summed E-state index contributed by atoms with van der Waals surface area (Å²) in [6, 6.07) is 15.9. The van der Waals surface area contributed by atoms with E-state index >= 15 is 0 Å². The van der Waals surface area contributed by atoms with Gasteiger partial charge in [-0.1, -0.05) is 19.1 Å². The van der Waals surface area contributed by atoms with E-state index in [4.69, 9.17) is 19.2 Å². The maximum atomic E-state index is 13.2. The van der Waals surface area contributed by atoms with E-state index in [0.717, 1.165) is 19.3 Å². The number of hydrogen-bond donors (Lipinski definition) is 2. The zero-order chi connectivity index (χ0) is 28.7. The van der Waals surface area contributed by atoms with Crippen molar-refractivity contribution in [3.63, 3.8) is 0 Å². The first-order valence-electron chi connectivity index (χ1n) is 13.3. The van der Waals surface area contributed by atoms with Crippen molar-refractivity contribution in [3.05, 3.63) is 87.5 Å². The van der Waals surface area contributed by atoms with Gasteiger partial charge in [-0.3, -0.25) is 4.72 Å². The lowest BCUT2D eigenvalue weighted by atomic mass is 9.87. The van der Waals surface area contributed by atoms with Crippen LogP contribution in [0, 0.1) is 17.2 Å². The molecule has 212 valence electrons. The maximum Gasteiger partial charge on any atom is 0.343 e. The zero-order valence-electron chi connectivity index (χ0n) is 22.6. The fourth-order valence-corrected chi connectivity index (χ4v) is 5.83. The molecule has 2 N–H and O–H groups in total. The van der Waals surface area contributed by atoms with Gasteiger partial charge in [-0.25, -0.2) is 13.2 Å². The van der Waals surface area contributed by atoms with Gasteiger partial charge in [0.2, 0.25) is 0 Å². The Hall–Kier alpha value is -3.65. The van der Waals surface area contributed by atoms with Gasteiger partial charge in [0, 0.05) is 31.2 Å². The van der Waals surface area contributed by atoms with Crippen LogP contribution in [0.1, 0.15) is 61.0 Å². The summed E-state index contributed by atoms with van der Waals surface area (Å²) in [5, 5.41) is 20.0. The van der Waals surface area contributed by atoms with Crippen LogP contribution < -0.4 is 10.3 Å². The molecule has 40 heavy (non-hydrogen) atoms. The number of nitrogens with zero attached hydrogens (tertiary/aromatic N) is 1. The molecule has 9 nitrogen and oxygen atoms in total. The van der Waals surface area contributed by atoms with Crippen molar-refractivity contribution in [1.82, 2.24) is 0 Å². The molecule has 0 bridgehead atoms. The van der Waals surface area contributed by atoms with Crippen LogP contribution in [0.4, 0.5) is 5.69 Å². The van der Waals surface area contributed by atoms with Crippen molar-refractivity contribution in [2.45, 2.75) is 55.9 Å². The molecule has 0 spiro atoms. The van der Waals surface area contributed by atoms with Gasteiger partial charge in [0.15, 0.2) is 0 Å². The van der Waals surface area contributed by atoms with Crippen LogP contribution in [-0.2, 0) is 25.9 Å². The number of hydrogen-bond acceptors (Lipinski definition) is 8. The van der Waals surface area contributed by atoms with Gasteiger partial charge >= 0.3 is 5.63 Å². The van der Waals surface area contributed by atoms with Gasteiger partial charge in [0.1, 0.15) is 11.5 Å². The summed E-state index contributed by atoms with van der Waals surface area (Å²) in [5.41, 5.74) is 0.978. The Kier molecular flexibility index (Phi) is 9.63. The van der Waals surface area contributed by atoms with Gasteiger partial charge in [0.05, 0.1) is 41.4 Å². The molecule has 4 rings (SSSR count). The Morgan fingerprint density at radius 2 is 1.90 bits per heavy atom. The Balaban J connectivity index is 1.55. The van der Waals surface area contributed by atoms with Crippen LogP contribution in [0.3, 0.4) is 0 Å². The van der Waals surface area contributed by atoms with Crippen LogP contribution in [-0.4, -0.2) is 40.0 Å². The average molecular weight is 567 g/mol. The van der Waals surface area contributed by atoms with E-state index in [0.29, 0.717) is 48.6 Å². The van der Waals surface area contributed by atoms with Crippen LogP contribution in [0.15, 0.2) is 68.7 Å². The van der Waals surface area contributed by atoms with Crippen molar-refractivity contribution in [1.29, 1.82) is 5.26 Å². The molecular weight excluding hydrogens is 532 g/mol. The molecule has 2 atom stereocenters. The van der Waals surface area contributed by atoms with E-state index in [2.05, 4.69) is 4.72 Å². The van der Waals surface area contributed by atoms with Gasteiger partial charge in [0.25, 0.3) is 10.0 Å². The fraction of sp³-hybridized carbons (Fsp3) is 0.400. The summed E-state index contributed by atoms with van der Waals surface area (Å²) < 4.78 is 44.9. The standard InChI is InChI=1S/C30H34N2O7S/c1-3-24(38-16-15-37-2)11-12-25-18-27(33)29(30(34)39-25)28(21-9-10-21)22-5-4-6-23(17-22)32-40(35,36)26-13-7-20(19-31)8-14-26/h4-8,13-14,17-18,21,24,28,32-33H,3,9-12,15-16H2,1-2H3. The van der Waals surface area contributed by atoms with Crippen molar-refractivity contribution < 1.29 is 27.4 Å². The van der Waals surface area contributed by atoms with Gasteiger partial charge < -0.3 is 19.0 Å². The SMILES string of the molecule is CCC(CCc1cc(O)c(C(c2cccc(NS(=O)(=O)c3ccc(C#N)cc3)c2)C2CC2)c(=O)o1)OCCOC. The highest BCUT2D eigenvalue weighted by Crippen LogP contribution is 2.48. The second-order valence-electron chi connectivity index (χ2n) is 9.91. The highest BCUT2D eigenvalue weighted by atomic mass is 32.2. The minimum atomic E-state index is -3.90. The normalized spacial score (nSPS) is 14.8. The molecule has 0 amide bonds. The number of rotatable bonds is 14. The number of anilines is 1. The number of nitrogens with one attached hydrogen (secondary N) is 1. The maximum absolute atomic E-state index is 13.2. The molecule has 1 fully saturated rings. The third-order valence-corrected chi connectivity index (χ3v) is 8.42. The Labute approximate surface area is 234 Å². The number of aromatic hydroxyl groups is 1. The summed E-state index contributed by atoms with van der Waals surface area (Å²) in [6.45, 7) is 3.00. The first kappa shape index (κ1) is 29.3. The number of nitriles is 1. The van der Waals surface area contributed by atoms with Crippen LogP contribution in [0.5, 0.6) is 5.75 Å². The smallest absolute Gasteiger partial charge is 0.343 e. The number of methoxy groups -OCH3 is 1. The molecule has 2 unspecified atom stereocenters. The van der Waals surface area contributed by atoms with E-state index in [1.165, 1.54) is 30.3 Å². The second kappa shape index (κ2) is 13.1. The largest absolute Gasteiger partial charge is 0.507 e. The first-order chi connectivity index (χ1) is 19.2. The molecule has 0 aliphatic heterocycles. The number of sulfonamides is 1. The lowest BCUT2D eigenvalue weighted by Crippen LogP contribution is -2.19. The summed E-state index contributed by atoms with van der Waals surface area (Å²) in [4.78, 5) is 13.2. The molecule has 2 aromatic carbocycles. The molecule has 1 heterocycles. The molecule has 1 saturated carbocycles. The Bertz CT molecular complexity index is 1510. The molecule has 10 heteroatoms. The topological polar surface area (TPSA) is 139 Å². The molecule has 3 aromatic rings. The van der Waals surface area contributed by atoms with E-state index in [9.17, 15) is 18.3 Å². The molecule has 1 aliphatic carbocycles. The molecule has 0 radical (unpaired) electrons. The summed E-state index contributed by atoms with van der Waals surface area (Å²) in [6.07, 6.45) is 3.61. The second-order valence-corrected chi connectivity index (χ2v) is 11.6. The Morgan fingerprint density at radius 3 is 2.52 bits per heavy atom. The van der Waals surface area contributed by atoms with Crippen LogP contribution in [0.25, 0.3) is 0 Å². The number of ether oxygens (including phenoxy) is 2. The number of benzene rings is 2. The fourth-order valence-electron chi connectivity index (χ4n) is 4.78. The van der Waals surface area contributed by atoms with Gasteiger partial charge in [-0.15, -0.1) is 0 Å². The molecule has 0 saturated heterocycles. The van der Waals surface area contributed by atoms with E-state index in [-0.39, 0.29) is 28.2 Å². The summed E-state index contributed by atoms with van der Waals surface area (Å²) in [5.74, 6) is -0.0484. The zero-order valence-corrected chi connectivity index (χ0v) is 23.4. The molecule has 1 aliphatic rings. The van der Waals surface area contributed by atoms with Crippen molar-refractivity contribution in [3.8, 4) is 11.8 Å². The molecule has 1 aromatic heterocycles. The minimum Gasteiger partial charge on any atom is -0.507 e. The van der Waals surface area contributed by atoms with Crippen molar-refractivity contribution in [2.24, 2.45) is 5.92 Å². The van der Waals surface area contributed by atoms with Crippen molar-refractivity contribution in [2.75, 3.05) is 25.0 Å². The average Bonchev–Trinajstić information content (AvgIpc) is 3.78. The summed E-state index contributed by atoms with van der Waals surface area (Å²) in [7, 11) is -2.29. The Morgan fingerprint density at radius 1 is 1.15 bits per heavy atom. The third kappa shape index (κ3) is 7.30. The highest BCUT2D eigenvalue weighted by molar-refractivity contribution is 7.92. The highest BCUT2D eigenvalue weighted by Gasteiger charge is 2.37. The van der Waals surface area contributed by atoms with Crippen molar-refractivity contribution >= 4 is 15.7 Å². The predicted octanol–water partition coefficient (Wildman–Crippen LogP) is 4.93. The first-order valence-corrected chi connectivity index (χ1v) is 14.8. The predicted molar refractivity (Wildman–Crippen MR) is 150 cm³/mol. The third-order valence-electron chi connectivity index (χ3n) is 7.02. The van der Waals surface area contributed by atoms with E-state index < -0.39 is 21.6 Å². The lowest BCUT2D eigenvalue weighted by molar-refractivity contribution is 0.0111. The van der Waals surface area contributed by atoms with Gasteiger partial charge in [-0.05, 0) is 73.6 Å². The lowest BCUT2D eigenvalue weighted by Gasteiger charge is -2.19. The quantitative estimate of drug-likeness (QED) is 0.262.